The third kappa shape index (κ3) is 2.99. The zero-order valence-electron chi connectivity index (χ0n) is 12.6. The summed E-state index contributed by atoms with van der Waals surface area (Å²) in [5.41, 5.74) is 3.27. The lowest BCUT2D eigenvalue weighted by Gasteiger charge is -2.20. The van der Waals surface area contributed by atoms with E-state index in [1.54, 1.807) is 0 Å². The van der Waals surface area contributed by atoms with Crippen molar-refractivity contribution in [2.45, 2.75) is 33.1 Å². The molecule has 0 bridgehead atoms. The summed E-state index contributed by atoms with van der Waals surface area (Å²) in [6, 6.07) is 8.31. The molecule has 3 rings (SSSR count). The number of benzene rings is 1. The van der Waals surface area contributed by atoms with Crippen LogP contribution in [0.3, 0.4) is 0 Å². The van der Waals surface area contributed by atoms with Gasteiger partial charge in [-0.3, -0.25) is 0 Å². The van der Waals surface area contributed by atoms with Crippen LogP contribution in [0.25, 0.3) is 11.3 Å². The van der Waals surface area contributed by atoms with Gasteiger partial charge in [0.15, 0.2) is 0 Å². The van der Waals surface area contributed by atoms with E-state index in [4.69, 9.17) is 4.74 Å². The monoisotopic (exact) mass is 283 g/mol. The summed E-state index contributed by atoms with van der Waals surface area (Å²) in [6.45, 7) is 5.77. The lowest BCUT2D eigenvalue weighted by atomic mass is 10.0. The van der Waals surface area contributed by atoms with Gasteiger partial charge in [0.25, 0.3) is 0 Å². The summed E-state index contributed by atoms with van der Waals surface area (Å²) in [6.07, 6.45) is 3.24. The third-order valence-electron chi connectivity index (χ3n) is 3.60. The van der Waals surface area contributed by atoms with Crippen molar-refractivity contribution in [2.75, 3.05) is 18.5 Å². The molecule has 2 aromatic rings. The molecule has 0 radical (unpaired) electrons. The predicted molar refractivity (Wildman–Crippen MR) is 84.8 cm³/mol. The van der Waals surface area contributed by atoms with Crippen LogP contribution in [-0.2, 0) is 6.42 Å². The Labute approximate surface area is 125 Å². The number of rotatable bonds is 4. The number of nitrogens with zero attached hydrogens (tertiary/aromatic N) is 2. The predicted octanol–water partition coefficient (Wildman–Crippen LogP) is 3.60. The van der Waals surface area contributed by atoms with Crippen LogP contribution in [0.2, 0.25) is 0 Å². The first-order valence-corrected chi connectivity index (χ1v) is 7.62. The molecule has 0 atom stereocenters. The smallest absolute Gasteiger partial charge is 0.131 e. The average Bonchev–Trinajstić information content (AvgIpc) is 2.52. The Morgan fingerprint density at radius 1 is 1.29 bits per heavy atom. The zero-order chi connectivity index (χ0) is 14.7. The number of hydrogen-bond donors (Lipinski definition) is 1. The van der Waals surface area contributed by atoms with E-state index in [9.17, 15) is 0 Å². The van der Waals surface area contributed by atoms with Gasteiger partial charge in [-0.25, -0.2) is 9.97 Å². The molecule has 1 aromatic carbocycles. The van der Waals surface area contributed by atoms with E-state index in [0.717, 1.165) is 61.1 Å². The summed E-state index contributed by atoms with van der Waals surface area (Å²) in [5, 5.41) is 3.33. The highest BCUT2D eigenvalue weighted by Crippen LogP contribution is 2.35. The largest absolute Gasteiger partial charge is 0.493 e. The van der Waals surface area contributed by atoms with Crippen LogP contribution in [0.5, 0.6) is 5.75 Å². The molecular formula is C17H21N3O. The molecule has 110 valence electrons. The first-order chi connectivity index (χ1) is 10.3. The fourth-order valence-electron chi connectivity index (χ4n) is 2.64. The van der Waals surface area contributed by atoms with E-state index in [1.165, 1.54) is 5.56 Å². The van der Waals surface area contributed by atoms with Crippen LogP contribution in [0, 0.1) is 6.92 Å². The number of nitrogens with one attached hydrogen (secondary N) is 1. The van der Waals surface area contributed by atoms with Crippen LogP contribution in [0.4, 0.5) is 5.82 Å². The highest BCUT2D eigenvalue weighted by Gasteiger charge is 2.17. The molecule has 2 heterocycles. The van der Waals surface area contributed by atoms with Gasteiger partial charge in [-0.15, -0.1) is 0 Å². The summed E-state index contributed by atoms with van der Waals surface area (Å²) in [4.78, 5) is 9.04. The van der Waals surface area contributed by atoms with Gasteiger partial charge < -0.3 is 10.1 Å². The number of anilines is 1. The maximum absolute atomic E-state index is 5.89. The highest BCUT2D eigenvalue weighted by molar-refractivity contribution is 5.71. The van der Waals surface area contributed by atoms with E-state index in [0.29, 0.717) is 0 Å². The molecule has 0 unspecified atom stereocenters. The van der Waals surface area contributed by atoms with Crippen molar-refractivity contribution in [3.8, 4) is 17.0 Å². The van der Waals surface area contributed by atoms with Crippen molar-refractivity contribution >= 4 is 5.82 Å². The molecule has 0 saturated carbocycles. The van der Waals surface area contributed by atoms with Crippen LogP contribution in [0.15, 0.2) is 24.3 Å². The number of fused-ring (bicyclic) bond motifs is 1. The van der Waals surface area contributed by atoms with E-state index in [-0.39, 0.29) is 0 Å². The Kier molecular flexibility index (Phi) is 4.04. The molecule has 1 aromatic heterocycles. The molecule has 4 nitrogen and oxygen atoms in total. The minimum atomic E-state index is 0.777. The van der Waals surface area contributed by atoms with Crippen molar-refractivity contribution in [2.24, 2.45) is 0 Å². The number of ether oxygens (including phenoxy) is 1. The second-order valence-corrected chi connectivity index (χ2v) is 5.36. The Bertz CT molecular complexity index is 640. The quantitative estimate of drug-likeness (QED) is 0.931. The van der Waals surface area contributed by atoms with Gasteiger partial charge in [0, 0.05) is 18.2 Å². The molecule has 4 heteroatoms. The van der Waals surface area contributed by atoms with E-state index >= 15 is 0 Å². The molecule has 0 amide bonds. The van der Waals surface area contributed by atoms with Crippen molar-refractivity contribution in [1.29, 1.82) is 0 Å². The van der Waals surface area contributed by atoms with Gasteiger partial charge in [-0.05, 0) is 37.8 Å². The number of aryl methyl sites for hydroxylation is 2. The lowest BCUT2D eigenvalue weighted by molar-refractivity contribution is 0.289. The van der Waals surface area contributed by atoms with Gasteiger partial charge in [0.1, 0.15) is 17.4 Å². The van der Waals surface area contributed by atoms with Crippen molar-refractivity contribution in [3.05, 3.63) is 35.7 Å². The Morgan fingerprint density at radius 3 is 3.05 bits per heavy atom. The molecule has 0 saturated heterocycles. The van der Waals surface area contributed by atoms with E-state index in [1.807, 2.05) is 13.0 Å². The van der Waals surface area contributed by atoms with Crippen LogP contribution in [-0.4, -0.2) is 23.1 Å². The number of para-hydroxylation sites is 1. The molecule has 1 N–H and O–H groups in total. The summed E-state index contributed by atoms with van der Waals surface area (Å²) in [5.74, 6) is 2.65. The molecule has 21 heavy (non-hydrogen) atoms. The summed E-state index contributed by atoms with van der Waals surface area (Å²) < 4.78 is 5.89. The van der Waals surface area contributed by atoms with Crippen LogP contribution in [0.1, 0.15) is 31.2 Å². The van der Waals surface area contributed by atoms with Gasteiger partial charge in [-0.1, -0.05) is 19.1 Å². The SMILES string of the molecule is CCCNc1cc(-c2cccc3c2OCCC3)nc(C)n1. The maximum Gasteiger partial charge on any atom is 0.131 e. The Balaban J connectivity index is 2.02. The third-order valence-corrected chi connectivity index (χ3v) is 3.60. The maximum atomic E-state index is 5.89. The minimum Gasteiger partial charge on any atom is -0.493 e. The van der Waals surface area contributed by atoms with Gasteiger partial charge in [0.05, 0.1) is 12.3 Å². The molecular weight excluding hydrogens is 262 g/mol. The molecule has 0 fully saturated rings. The van der Waals surface area contributed by atoms with E-state index < -0.39 is 0 Å². The highest BCUT2D eigenvalue weighted by atomic mass is 16.5. The standard InChI is InChI=1S/C17H21N3O/c1-3-9-18-16-11-15(19-12(2)20-16)14-8-4-6-13-7-5-10-21-17(13)14/h4,6,8,11H,3,5,7,9-10H2,1-2H3,(H,18,19,20). The van der Waals surface area contributed by atoms with Crippen LogP contribution >= 0.6 is 0 Å². The fraction of sp³-hybridized carbons (Fsp3) is 0.412. The first kappa shape index (κ1) is 13.9. The van der Waals surface area contributed by atoms with E-state index in [2.05, 4.69) is 40.4 Å². The van der Waals surface area contributed by atoms with Gasteiger partial charge >= 0.3 is 0 Å². The molecule has 0 spiro atoms. The normalized spacial score (nSPS) is 13.4. The average molecular weight is 283 g/mol. The fourth-order valence-corrected chi connectivity index (χ4v) is 2.64. The molecule has 1 aliphatic heterocycles. The topological polar surface area (TPSA) is 47.0 Å². The first-order valence-electron chi connectivity index (χ1n) is 7.62. The van der Waals surface area contributed by atoms with Gasteiger partial charge in [0.2, 0.25) is 0 Å². The number of hydrogen-bond acceptors (Lipinski definition) is 4. The number of aromatic nitrogens is 2. The van der Waals surface area contributed by atoms with Crippen LogP contribution < -0.4 is 10.1 Å². The lowest BCUT2D eigenvalue weighted by Crippen LogP contribution is -2.10. The summed E-state index contributed by atoms with van der Waals surface area (Å²) >= 11 is 0. The molecule has 0 aliphatic carbocycles. The van der Waals surface area contributed by atoms with Crippen molar-refractivity contribution in [1.82, 2.24) is 9.97 Å². The van der Waals surface area contributed by atoms with Crippen molar-refractivity contribution in [3.63, 3.8) is 0 Å². The second kappa shape index (κ2) is 6.12. The molecule has 1 aliphatic rings. The Hall–Kier alpha value is -2.10. The minimum absolute atomic E-state index is 0.777. The Morgan fingerprint density at radius 2 is 2.19 bits per heavy atom. The van der Waals surface area contributed by atoms with Crippen molar-refractivity contribution < 1.29 is 4.74 Å². The second-order valence-electron chi connectivity index (χ2n) is 5.36. The van der Waals surface area contributed by atoms with Gasteiger partial charge in [-0.2, -0.15) is 0 Å². The zero-order valence-corrected chi connectivity index (χ0v) is 12.6. The summed E-state index contributed by atoms with van der Waals surface area (Å²) in [7, 11) is 0.